The molecule has 0 aliphatic rings. The number of carbonyl (C=O) groups is 2. The normalized spacial score (nSPS) is 11.7. The van der Waals surface area contributed by atoms with Crippen molar-refractivity contribution in [1.82, 2.24) is 14.7 Å². The van der Waals surface area contributed by atoms with Crippen molar-refractivity contribution in [3.05, 3.63) is 0 Å². The zero-order valence-electron chi connectivity index (χ0n) is 42.4. The molecule has 0 aliphatic carbocycles. The van der Waals surface area contributed by atoms with Crippen LogP contribution in [0.5, 0.6) is 0 Å². The second-order valence-electron chi connectivity index (χ2n) is 18.8. The van der Waals surface area contributed by atoms with Crippen LogP contribution in [0.2, 0.25) is 0 Å². The quantitative estimate of drug-likeness (QED) is 0.0478. The van der Waals surface area contributed by atoms with Crippen LogP contribution in [0.4, 0.5) is 0 Å². The van der Waals surface area contributed by atoms with E-state index in [1.807, 2.05) is 4.90 Å². The lowest BCUT2D eigenvalue weighted by Crippen LogP contribution is -2.32. The first-order chi connectivity index (χ1) is 30.5. The molecular weight excluding hydrogens is 771 g/mol. The second-order valence-corrected chi connectivity index (χ2v) is 18.8. The first kappa shape index (κ1) is 60.8. The van der Waals surface area contributed by atoms with Gasteiger partial charge in [-0.25, -0.2) is 0 Å². The summed E-state index contributed by atoms with van der Waals surface area (Å²) in [5, 5.41) is 9.68. The van der Waals surface area contributed by atoms with Crippen LogP contribution >= 0.6 is 0 Å². The Morgan fingerprint density at radius 1 is 0.306 bits per heavy atom. The molecule has 0 saturated heterocycles. The van der Waals surface area contributed by atoms with Gasteiger partial charge in [-0.1, -0.05) is 207 Å². The average molecular weight is 880 g/mol. The topological polar surface area (TPSA) is 82.6 Å². The van der Waals surface area contributed by atoms with Gasteiger partial charge >= 0.3 is 11.9 Å². The molecule has 0 heterocycles. The molecule has 0 aromatic rings. The van der Waals surface area contributed by atoms with Crippen LogP contribution in [-0.2, 0) is 19.1 Å². The van der Waals surface area contributed by atoms with Crippen molar-refractivity contribution in [1.29, 1.82) is 0 Å². The molecule has 370 valence electrons. The number of hydrogen-bond acceptors (Lipinski definition) is 8. The molecule has 0 aromatic carbocycles. The molecule has 8 nitrogen and oxygen atoms in total. The van der Waals surface area contributed by atoms with Crippen molar-refractivity contribution in [2.75, 3.05) is 78.7 Å². The summed E-state index contributed by atoms with van der Waals surface area (Å²) < 4.78 is 11.3. The van der Waals surface area contributed by atoms with Gasteiger partial charge in [0.2, 0.25) is 0 Å². The monoisotopic (exact) mass is 880 g/mol. The molecule has 0 amide bonds. The number of rotatable bonds is 52. The predicted octanol–water partition coefficient (Wildman–Crippen LogP) is 14.1. The number of hydrogen-bond donors (Lipinski definition) is 1. The summed E-state index contributed by atoms with van der Waals surface area (Å²) in [5.74, 6) is -0.395. The van der Waals surface area contributed by atoms with E-state index in [0.29, 0.717) is 32.8 Å². The van der Waals surface area contributed by atoms with Gasteiger partial charge < -0.3 is 24.4 Å². The Morgan fingerprint density at radius 3 is 0.790 bits per heavy atom. The lowest BCUT2D eigenvalue weighted by atomic mass is 10.1. The van der Waals surface area contributed by atoms with E-state index in [1.54, 1.807) is 0 Å². The SMILES string of the molecule is CCCCCCCCCCN(CCCCCCCCCC)CCCOC(=O)CCN(CCO)CCC(=O)OCCCN(CCCCCCCCCC)CCCCCCCCCC. The lowest BCUT2D eigenvalue weighted by molar-refractivity contribution is -0.144. The van der Waals surface area contributed by atoms with Gasteiger partial charge in [0.15, 0.2) is 0 Å². The van der Waals surface area contributed by atoms with Crippen LogP contribution in [-0.4, -0.2) is 110 Å². The van der Waals surface area contributed by atoms with Gasteiger partial charge in [-0.3, -0.25) is 14.5 Å². The van der Waals surface area contributed by atoms with E-state index in [4.69, 9.17) is 9.47 Å². The fourth-order valence-corrected chi connectivity index (χ4v) is 8.62. The van der Waals surface area contributed by atoms with Crippen molar-refractivity contribution in [3.8, 4) is 0 Å². The van der Waals surface area contributed by atoms with E-state index in [-0.39, 0.29) is 31.4 Å². The van der Waals surface area contributed by atoms with E-state index in [2.05, 4.69) is 37.5 Å². The molecule has 0 rings (SSSR count). The summed E-state index contributed by atoms with van der Waals surface area (Å²) in [7, 11) is 0. The Hall–Kier alpha value is -1.22. The summed E-state index contributed by atoms with van der Waals surface area (Å²) >= 11 is 0. The van der Waals surface area contributed by atoms with Crippen molar-refractivity contribution in [2.45, 2.75) is 259 Å². The highest BCUT2D eigenvalue weighted by Crippen LogP contribution is 2.14. The Kier molecular flexibility index (Phi) is 49.8. The van der Waals surface area contributed by atoms with E-state index >= 15 is 0 Å². The Labute approximate surface area is 387 Å². The zero-order valence-corrected chi connectivity index (χ0v) is 42.4. The Bertz CT molecular complexity index is 799. The van der Waals surface area contributed by atoms with Gasteiger partial charge in [-0.05, 0) is 64.7 Å². The number of aliphatic hydroxyl groups is 1. The molecule has 0 aliphatic heterocycles. The predicted molar refractivity (Wildman–Crippen MR) is 267 cm³/mol. The third kappa shape index (κ3) is 45.4. The van der Waals surface area contributed by atoms with Crippen molar-refractivity contribution < 1.29 is 24.2 Å². The first-order valence-electron chi connectivity index (χ1n) is 27.6. The van der Waals surface area contributed by atoms with Gasteiger partial charge in [0.25, 0.3) is 0 Å². The van der Waals surface area contributed by atoms with E-state index in [9.17, 15) is 14.7 Å². The standard InChI is InChI=1S/C54H109N3O5/c1-5-9-13-17-21-25-29-33-41-55(42-34-30-26-22-18-14-10-6-2)45-37-51-61-53(59)39-47-57(49-50-58)48-40-54(60)62-52-38-46-56(43-35-31-27-23-19-15-11-7-3)44-36-32-28-24-20-16-12-8-4/h58H,5-52H2,1-4H3. The molecule has 1 N–H and O–H groups in total. The highest BCUT2D eigenvalue weighted by Gasteiger charge is 2.13. The number of nitrogens with zero attached hydrogens (tertiary/aromatic N) is 3. The van der Waals surface area contributed by atoms with Gasteiger partial charge in [0, 0.05) is 32.7 Å². The molecule has 0 atom stereocenters. The highest BCUT2D eigenvalue weighted by molar-refractivity contribution is 5.70. The molecule has 0 unspecified atom stereocenters. The summed E-state index contributed by atoms with van der Waals surface area (Å²) in [6.07, 6.45) is 45.1. The molecule has 0 radical (unpaired) electrons. The Morgan fingerprint density at radius 2 is 0.532 bits per heavy atom. The largest absolute Gasteiger partial charge is 0.466 e. The number of unbranched alkanes of at least 4 members (excludes halogenated alkanes) is 28. The lowest BCUT2D eigenvalue weighted by Gasteiger charge is -2.23. The molecule has 8 heteroatoms. The smallest absolute Gasteiger partial charge is 0.307 e. The summed E-state index contributed by atoms with van der Waals surface area (Å²) in [5.41, 5.74) is 0. The minimum Gasteiger partial charge on any atom is -0.466 e. The van der Waals surface area contributed by atoms with Crippen LogP contribution < -0.4 is 0 Å². The number of aliphatic hydroxyl groups excluding tert-OH is 1. The van der Waals surface area contributed by atoms with Gasteiger partial charge in [0.05, 0.1) is 32.7 Å². The molecule has 0 saturated carbocycles. The van der Waals surface area contributed by atoms with E-state index < -0.39 is 0 Å². The minimum atomic E-state index is -0.197. The van der Waals surface area contributed by atoms with Crippen LogP contribution in [0.1, 0.15) is 259 Å². The van der Waals surface area contributed by atoms with Gasteiger partial charge in [-0.15, -0.1) is 0 Å². The Balaban J connectivity index is 4.52. The third-order valence-corrected chi connectivity index (χ3v) is 12.8. The number of ether oxygens (including phenoxy) is 2. The van der Waals surface area contributed by atoms with Crippen LogP contribution in [0.15, 0.2) is 0 Å². The van der Waals surface area contributed by atoms with Crippen LogP contribution in [0, 0.1) is 0 Å². The average Bonchev–Trinajstić information content (AvgIpc) is 3.27. The van der Waals surface area contributed by atoms with E-state index in [1.165, 1.54) is 205 Å². The van der Waals surface area contributed by atoms with Crippen molar-refractivity contribution >= 4 is 11.9 Å². The molecule has 0 bridgehead atoms. The maximum atomic E-state index is 12.7. The highest BCUT2D eigenvalue weighted by atomic mass is 16.5. The van der Waals surface area contributed by atoms with Crippen LogP contribution in [0.25, 0.3) is 0 Å². The molecule has 0 aromatic heterocycles. The summed E-state index contributed by atoms with van der Waals surface area (Å²) in [6, 6.07) is 0. The van der Waals surface area contributed by atoms with Gasteiger partial charge in [-0.2, -0.15) is 0 Å². The summed E-state index contributed by atoms with van der Waals surface area (Å²) in [4.78, 5) is 32.6. The van der Waals surface area contributed by atoms with E-state index in [0.717, 1.165) is 52.1 Å². The van der Waals surface area contributed by atoms with Crippen molar-refractivity contribution in [2.24, 2.45) is 0 Å². The van der Waals surface area contributed by atoms with Gasteiger partial charge in [0.1, 0.15) is 0 Å². The maximum Gasteiger partial charge on any atom is 0.307 e. The minimum absolute atomic E-state index is 0.00874. The molecular formula is C54H109N3O5. The first-order valence-corrected chi connectivity index (χ1v) is 27.6. The summed E-state index contributed by atoms with van der Waals surface area (Å²) in [6.45, 7) is 17.9. The number of carbonyl (C=O) groups excluding carboxylic acids is 2. The zero-order chi connectivity index (χ0) is 45.2. The third-order valence-electron chi connectivity index (χ3n) is 12.8. The fourth-order valence-electron chi connectivity index (χ4n) is 8.62. The van der Waals surface area contributed by atoms with Crippen molar-refractivity contribution in [3.63, 3.8) is 0 Å². The number of esters is 2. The molecule has 62 heavy (non-hydrogen) atoms. The second kappa shape index (κ2) is 50.8. The molecule has 0 spiro atoms. The molecule has 0 fully saturated rings. The fraction of sp³-hybridized carbons (Fsp3) is 0.963. The maximum absolute atomic E-state index is 12.7. The van der Waals surface area contributed by atoms with Crippen LogP contribution in [0.3, 0.4) is 0 Å².